The maximum atomic E-state index is 15.5. The maximum Gasteiger partial charge on any atom is 0.258 e. The van der Waals surface area contributed by atoms with E-state index in [1.165, 1.54) is 15.8 Å². The van der Waals surface area contributed by atoms with Gasteiger partial charge in [-0.3, -0.25) is 9.00 Å². The van der Waals surface area contributed by atoms with E-state index >= 15 is 4.39 Å². The Labute approximate surface area is 256 Å². The highest BCUT2D eigenvalue weighted by atomic mass is 79.9. The molecular weight excluding hydrogens is 659 g/mol. The number of hydrogen-bond acceptors (Lipinski definition) is 6. The summed E-state index contributed by atoms with van der Waals surface area (Å²) in [7, 11) is -5.20. The summed E-state index contributed by atoms with van der Waals surface area (Å²) in [5, 5.41) is 4.43. The van der Waals surface area contributed by atoms with Crippen molar-refractivity contribution in [3.05, 3.63) is 63.4 Å². The third-order valence-corrected chi connectivity index (χ3v) is 11.0. The third kappa shape index (κ3) is 8.46. The van der Waals surface area contributed by atoms with E-state index in [1.54, 1.807) is 42.5 Å². The monoisotopic (exact) mass is 690 g/mol. The molecule has 2 fully saturated rings. The number of carbonyl (C=O) groups excluding carboxylic acids is 1. The summed E-state index contributed by atoms with van der Waals surface area (Å²) in [4.78, 5) is 12.7. The first-order valence-electron chi connectivity index (χ1n) is 13.4. The predicted molar refractivity (Wildman–Crippen MR) is 161 cm³/mol. The van der Waals surface area contributed by atoms with Crippen LogP contribution in [-0.4, -0.2) is 73.4 Å². The van der Waals surface area contributed by atoms with Crippen LogP contribution in [0.4, 0.5) is 4.39 Å². The molecule has 0 radical (unpaired) electrons. The van der Waals surface area contributed by atoms with Crippen molar-refractivity contribution in [3.63, 3.8) is 0 Å². The summed E-state index contributed by atoms with van der Waals surface area (Å²) in [6.07, 6.45) is 3.17. The molecule has 4 rings (SSSR count). The third-order valence-electron chi connectivity index (χ3n) is 7.00. The molecule has 2 aliphatic rings. The fourth-order valence-corrected chi connectivity index (χ4v) is 7.89. The average Bonchev–Trinajstić information content (AvgIpc) is 3.47. The second kappa shape index (κ2) is 14.7. The van der Waals surface area contributed by atoms with Crippen LogP contribution in [0.1, 0.15) is 32.1 Å². The average molecular weight is 692 g/mol. The molecule has 0 spiro atoms. The van der Waals surface area contributed by atoms with Gasteiger partial charge in [0, 0.05) is 75.1 Å². The van der Waals surface area contributed by atoms with Crippen LogP contribution >= 0.6 is 27.5 Å². The number of unbranched alkanes of at least 4 members (excludes halogenated alkanes) is 1. The Kier molecular flexibility index (Phi) is 11.5. The van der Waals surface area contributed by atoms with Gasteiger partial charge in [0.15, 0.2) is 12.0 Å². The molecule has 1 amide bonds. The summed E-state index contributed by atoms with van der Waals surface area (Å²) in [5.41, 5.74) is -1.21. The molecule has 0 bridgehead atoms. The van der Waals surface area contributed by atoms with Gasteiger partial charge in [0.2, 0.25) is 10.0 Å². The fourth-order valence-electron chi connectivity index (χ4n) is 4.73. The minimum atomic E-state index is -4.00. The number of carbonyl (C=O) groups is 1. The molecule has 0 saturated carbocycles. The normalized spacial score (nSPS) is 19.0. The van der Waals surface area contributed by atoms with E-state index in [2.05, 4.69) is 21.2 Å². The number of hydrogen-bond donors (Lipinski definition) is 1. The topological polar surface area (TPSA) is 102 Å². The van der Waals surface area contributed by atoms with Crippen LogP contribution in [0.15, 0.2) is 63.3 Å². The van der Waals surface area contributed by atoms with Gasteiger partial charge in [0.05, 0.1) is 18.1 Å². The van der Waals surface area contributed by atoms with Crippen molar-refractivity contribution >= 4 is 54.3 Å². The van der Waals surface area contributed by atoms with E-state index in [0.29, 0.717) is 39.6 Å². The van der Waals surface area contributed by atoms with Gasteiger partial charge in [-0.1, -0.05) is 51.8 Å². The van der Waals surface area contributed by atoms with Gasteiger partial charge in [-0.25, -0.2) is 12.8 Å². The number of alkyl halides is 1. The Morgan fingerprint density at radius 2 is 1.85 bits per heavy atom. The van der Waals surface area contributed by atoms with E-state index < -0.39 is 32.4 Å². The lowest BCUT2D eigenvalue weighted by Crippen LogP contribution is -2.52. The van der Waals surface area contributed by atoms with Crippen molar-refractivity contribution in [1.29, 1.82) is 0 Å². The molecule has 224 valence electrons. The first-order chi connectivity index (χ1) is 19.6. The standard InChI is InChI=1S/C28H33BrClFN2O6S2/c29-21-9-10-25(23(20-21)22-6-1-2-7-24(22)30)41(36,37)33-14-11-28(31,12-15-33)27(34)32-13-5-19-40(35)18-4-3-8-26-38-16-17-39-26/h1-2,5-7,9-10,19-20,26H,3-4,8,11-18H2,(H,32,34)/b19-5-. The number of sulfonamides is 1. The zero-order valence-electron chi connectivity index (χ0n) is 22.4. The fraction of sp³-hybridized carbons (Fsp3) is 0.464. The highest BCUT2D eigenvalue weighted by Gasteiger charge is 2.44. The molecule has 2 saturated heterocycles. The number of benzene rings is 2. The summed E-state index contributed by atoms with van der Waals surface area (Å²) in [5.74, 6) is -0.326. The minimum absolute atomic E-state index is 0.0299. The number of rotatable bonds is 12. The Balaban J connectivity index is 1.28. The molecule has 1 N–H and O–H groups in total. The SMILES string of the molecule is O=C(NC/C=C\S(=O)CCCCC1OCCO1)C1(F)CCN(S(=O)(=O)c2ccc(Br)cc2-c2ccccc2Cl)CC1. The summed E-state index contributed by atoms with van der Waals surface area (Å²) in [6.45, 7) is 0.948. The van der Waals surface area contributed by atoms with Crippen molar-refractivity contribution in [3.8, 4) is 11.1 Å². The Morgan fingerprint density at radius 3 is 2.56 bits per heavy atom. The van der Waals surface area contributed by atoms with Crippen molar-refractivity contribution in [1.82, 2.24) is 9.62 Å². The van der Waals surface area contributed by atoms with E-state index in [-0.39, 0.29) is 43.7 Å². The first-order valence-corrected chi connectivity index (χ1v) is 17.4. The summed E-state index contributed by atoms with van der Waals surface area (Å²) >= 11 is 9.76. The number of amides is 1. The number of halogens is 3. The Morgan fingerprint density at radius 1 is 1.15 bits per heavy atom. The Hall–Kier alpha value is -1.67. The number of ether oxygens (including phenoxy) is 2. The molecule has 2 heterocycles. The summed E-state index contributed by atoms with van der Waals surface area (Å²) < 4.78 is 67.5. The second-order valence-electron chi connectivity index (χ2n) is 9.82. The molecule has 1 atom stereocenters. The smallest absolute Gasteiger partial charge is 0.258 e. The van der Waals surface area contributed by atoms with Gasteiger partial charge in [-0.2, -0.15) is 4.31 Å². The van der Waals surface area contributed by atoms with Gasteiger partial charge in [-0.15, -0.1) is 0 Å². The molecule has 41 heavy (non-hydrogen) atoms. The number of nitrogens with one attached hydrogen (secondary N) is 1. The lowest BCUT2D eigenvalue weighted by molar-refractivity contribution is -0.135. The molecule has 1 unspecified atom stereocenters. The molecule has 0 aliphatic carbocycles. The van der Waals surface area contributed by atoms with Crippen LogP contribution in [0.25, 0.3) is 11.1 Å². The molecule has 13 heteroatoms. The van der Waals surface area contributed by atoms with Gasteiger partial charge in [-0.05, 0) is 43.5 Å². The van der Waals surface area contributed by atoms with Crippen molar-refractivity contribution in [2.45, 2.75) is 49.0 Å². The van der Waals surface area contributed by atoms with Crippen molar-refractivity contribution < 1.29 is 31.3 Å². The van der Waals surface area contributed by atoms with Gasteiger partial charge < -0.3 is 14.8 Å². The van der Waals surface area contributed by atoms with E-state index in [4.69, 9.17) is 21.1 Å². The minimum Gasteiger partial charge on any atom is -0.350 e. The molecular formula is C28H33BrClFN2O6S2. The number of piperidine rings is 1. The molecule has 2 aromatic rings. The second-order valence-corrected chi connectivity index (χ2v) is 14.5. The zero-order valence-corrected chi connectivity index (χ0v) is 26.4. The Bertz CT molecular complexity index is 1380. The lowest BCUT2D eigenvalue weighted by Gasteiger charge is -2.35. The van der Waals surface area contributed by atoms with Crippen molar-refractivity contribution in [2.75, 3.05) is 38.6 Å². The van der Waals surface area contributed by atoms with Gasteiger partial charge in [0.25, 0.3) is 5.91 Å². The molecule has 2 aromatic carbocycles. The highest BCUT2D eigenvalue weighted by molar-refractivity contribution is 9.10. The van der Waals surface area contributed by atoms with E-state index in [0.717, 1.165) is 19.3 Å². The highest BCUT2D eigenvalue weighted by Crippen LogP contribution is 2.37. The van der Waals surface area contributed by atoms with Crippen LogP contribution in [0.5, 0.6) is 0 Å². The predicted octanol–water partition coefficient (Wildman–Crippen LogP) is 5.18. The maximum absolute atomic E-state index is 15.5. The lowest BCUT2D eigenvalue weighted by atomic mass is 9.93. The van der Waals surface area contributed by atoms with Crippen molar-refractivity contribution in [2.24, 2.45) is 0 Å². The zero-order chi connectivity index (χ0) is 29.5. The van der Waals surface area contributed by atoms with E-state index in [9.17, 15) is 17.4 Å². The van der Waals surface area contributed by atoms with Crippen LogP contribution in [0.2, 0.25) is 5.02 Å². The van der Waals surface area contributed by atoms with Gasteiger partial charge in [0.1, 0.15) is 0 Å². The number of nitrogens with zero attached hydrogens (tertiary/aromatic N) is 1. The summed E-state index contributed by atoms with van der Waals surface area (Å²) in [6, 6.07) is 11.8. The van der Waals surface area contributed by atoms with Crippen LogP contribution in [0, 0.1) is 0 Å². The van der Waals surface area contributed by atoms with Gasteiger partial charge >= 0.3 is 0 Å². The molecule has 0 aromatic heterocycles. The first kappa shape index (κ1) is 32.2. The van der Waals surface area contributed by atoms with Crippen LogP contribution in [-0.2, 0) is 35.1 Å². The largest absolute Gasteiger partial charge is 0.350 e. The van der Waals surface area contributed by atoms with Crippen LogP contribution < -0.4 is 5.32 Å². The van der Waals surface area contributed by atoms with E-state index in [1.807, 2.05) is 0 Å². The van der Waals surface area contributed by atoms with Crippen LogP contribution in [0.3, 0.4) is 0 Å². The molecule has 8 nitrogen and oxygen atoms in total. The molecule has 2 aliphatic heterocycles. The quantitative estimate of drug-likeness (QED) is 0.308.